The van der Waals surface area contributed by atoms with Crippen molar-refractivity contribution >= 4 is 11.6 Å². The topological polar surface area (TPSA) is 72.7 Å². The van der Waals surface area contributed by atoms with Crippen LogP contribution < -0.4 is 5.32 Å². The zero-order valence-corrected chi connectivity index (χ0v) is 9.50. The second kappa shape index (κ2) is 5.20. The van der Waals surface area contributed by atoms with Gasteiger partial charge >= 0.3 is 0 Å². The Bertz CT molecular complexity index is 477. The number of tetrazole rings is 1. The molecule has 1 N–H and O–H groups in total. The molecule has 2 aromatic rings. The third kappa shape index (κ3) is 2.87. The molecule has 2 rings (SSSR count). The van der Waals surface area contributed by atoms with Crippen LogP contribution in [0.4, 0.5) is 5.69 Å². The minimum Gasteiger partial charge on any atom is -0.326 e. The van der Waals surface area contributed by atoms with E-state index in [0.29, 0.717) is 6.42 Å². The molecule has 1 heterocycles. The number of carbonyl (C=O) groups is 1. The SMILES string of the molecule is CCCC(=O)Nc1ccc(-n2cnnn2)cc1. The Kier molecular flexibility index (Phi) is 3.44. The van der Waals surface area contributed by atoms with Crippen molar-refractivity contribution in [3.05, 3.63) is 30.6 Å². The highest BCUT2D eigenvalue weighted by atomic mass is 16.1. The Hall–Kier alpha value is -2.24. The van der Waals surface area contributed by atoms with Crippen LogP contribution in [0, 0.1) is 0 Å². The molecule has 6 heteroatoms. The van der Waals surface area contributed by atoms with Crippen molar-refractivity contribution < 1.29 is 4.79 Å². The molecule has 0 unspecified atom stereocenters. The molecule has 1 amide bonds. The zero-order valence-electron chi connectivity index (χ0n) is 9.50. The number of hydrogen-bond donors (Lipinski definition) is 1. The first kappa shape index (κ1) is 11.3. The summed E-state index contributed by atoms with van der Waals surface area (Å²) in [6.45, 7) is 1.97. The number of anilines is 1. The summed E-state index contributed by atoms with van der Waals surface area (Å²) in [5.41, 5.74) is 1.63. The van der Waals surface area contributed by atoms with Gasteiger partial charge in [0.15, 0.2) is 0 Å². The minimum atomic E-state index is 0.0303. The van der Waals surface area contributed by atoms with Gasteiger partial charge in [-0.1, -0.05) is 6.92 Å². The van der Waals surface area contributed by atoms with Gasteiger partial charge in [-0.15, -0.1) is 5.10 Å². The first-order chi connectivity index (χ1) is 8.29. The van der Waals surface area contributed by atoms with Crippen LogP contribution in [-0.4, -0.2) is 26.1 Å². The number of benzene rings is 1. The second-order valence-corrected chi connectivity index (χ2v) is 3.60. The Morgan fingerprint density at radius 3 is 2.71 bits per heavy atom. The van der Waals surface area contributed by atoms with E-state index in [1.807, 2.05) is 31.2 Å². The van der Waals surface area contributed by atoms with Crippen LogP contribution >= 0.6 is 0 Å². The van der Waals surface area contributed by atoms with Gasteiger partial charge in [0.2, 0.25) is 5.91 Å². The summed E-state index contributed by atoms with van der Waals surface area (Å²) in [4.78, 5) is 11.4. The van der Waals surface area contributed by atoms with E-state index >= 15 is 0 Å². The molecule has 6 nitrogen and oxygen atoms in total. The standard InChI is InChI=1S/C11H13N5O/c1-2-3-11(17)13-9-4-6-10(7-5-9)16-8-12-14-15-16/h4-8H,2-3H2,1H3,(H,13,17). The van der Waals surface area contributed by atoms with Gasteiger partial charge in [0, 0.05) is 12.1 Å². The molecule has 0 bridgehead atoms. The fraction of sp³-hybridized carbons (Fsp3) is 0.273. The average molecular weight is 231 g/mol. The molecule has 1 aromatic heterocycles. The van der Waals surface area contributed by atoms with E-state index in [1.54, 1.807) is 4.68 Å². The van der Waals surface area contributed by atoms with Gasteiger partial charge in [0.25, 0.3) is 0 Å². The van der Waals surface area contributed by atoms with Gasteiger partial charge in [0.05, 0.1) is 5.69 Å². The normalized spacial score (nSPS) is 10.2. The molecule has 0 aliphatic rings. The highest BCUT2D eigenvalue weighted by Crippen LogP contribution is 2.12. The highest BCUT2D eigenvalue weighted by molar-refractivity contribution is 5.90. The summed E-state index contributed by atoms with van der Waals surface area (Å²) in [7, 11) is 0. The molecule has 0 aliphatic heterocycles. The van der Waals surface area contributed by atoms with Crippen LogP contribution in [0.15, 0.2) is 30.6 Å². The lowest BCUT2D eigenvalue weighted by Gasteiger charge is -2.05. The number of nitrogens with zero attached hydrogens (tertiary/aromatic N) is 4. The maximum Gasteiger partial charge on any atom is 0.224 e. The molecule has 17 heavy (non-hydrogen) atoms. The highest BCUT2D eigenvalue weighted by Gasteiger charge is 2.01. The van der Waals surface area contributed by atoms with Crippen LogP contribution in [0.3, 0.4) is 0 Å². The van der Waals surface area contributed by atoms with Crippen molar-refractivity contribution in [3.63, 3.8) is 0 Å². The van der Waals surface area contributed by atoms with E-state index in [4.69, 9.17) is 0 Å². The Balaban J connectivity index is 2.06. The zero-order chi connectivity index (χ0) is 12.1. The Morgan fingerprint density at radius 2 is 2.12 bits per heavy atom. The third-order valence-electron chi connectivity index (χ3n) is 2.24. The van der Waals surface area contributed by atoms with Gasteiger partial charge in [-0.25, -0.2) is 4.68 Å². The van der Waals surface area contributed by atoms with Crippen molar-refractivity contribution in [3.8, 4) is 5.69 Å². The van der Waals surface area contributed by atoms with E-state index in [0.717, 1.165) is 17.8 Å². The third-order valence-corrected chi connectivity index (χ3v) is 2.24. The van der Waals surface area contributed by atoms with Crippen molar-refractivity contribution in [2.75, 3.05) is 5.32 Å². The number of rotatable bonds is 4. The number of hydrogen-bond acceptors (Lipinski definition) is 4. The Labute approximate surface area is 98.6 Å². The fourth-order valence-corrected chi connectivity index (χ4v) is 1.43. The van der Waals surface area contributed by atoms with Gasteiger partial charge in [-0.05, 0) is 41.1 Å². The molecule has 0 atom stereocenters. The molecule has 88 valence electrons. The lowest BCUT2D eigenvalue weighted by Crippen LogP contribution is -2.10. The van der Waals surface area contributed by atoms with Gasteiger partial charge in [-0.3, -0.25) is 4.79 Å². The summed E-state index contributed by atoms with van der Waals surface area (Å²) in [6.07, 6.45) is 2.90. The van der Waals surface area contributed by atoms with E-state index in [1.165, 1.54) is 6.33 Å². The maximum absolute atomic E-state index is 11.4. The molecule has 0 radical (unpaired) electrons. The van der Waals surface area contributed by atoms with Crippen molar-refractivity contribution in [2.24, 2.45) is 0 Å². The molecule has 0 spiro atoms. The first-order valence-corrected chi connectivity index (χ1v) is 5.43. The van der Waals surface area contributed by atoms with Crippen LogP contribution in [0.25, 0.3) is 5.69 Å². The number of nitrogens with one attached hydrogen (secondary N) is 1. The molecule has 0 saturated carbocycles. The predicted molar refractivity (Wildman–Crippen MR) is 62.7 cm³/mol. The quantitative estimate of drug-likeness (QED) is 0.863. The summed E-state index contributed by atoms with van der Waals surface area (Å²) in [6, 6.07) is 7.34. The first-order valence-electron chi connectivity index (χ1n) is 5.43. The molecule has 0 saturated heterocycles. The number of aromatic nitrogens is 4. The lowest BCUT2D eigenvalue weighted by molar-refractivity contribution is -0.116. The summed E-state index contributed by atoms with van der Waals surface area (Å²) in [5, 5.41) is 13.7. The molecular formula is C11H13N5O. The predicted octanol–water partition coefficient (Wildman–Crippen LogP) is 1.40. The molecule has 0 fully saturated rings. The smallest absolute Gasteiger partial charge is 0.224 e. The monoisotopic (exact) mass is 231 g/mol. The van der Waals surface area contributed by atoms with Crippen LogP contribution in [-0.2, 0) is 4.79 Å². The summed E-state index contributed by atoms with van der Waals surface area (Å²) in [5.74, 6) is 0.0303. The number of carbonyl (C=O) groups excluding carboxylic acids is 1. The summed E-state index contributed by atoms with van der Waals surface area (Å²) < 4.78 is 1.55. The second-order valence-electron chi connectivity index (χ2n) is 3.60. The largest absolute Gasteiger partial charge is 0.326 e. The molecular weight excluding hydrogens is 218 g/mol. The minimum absolute atomic E-state index is 0.0303. The molecule has 1 aromatic carbocycles. The van der Waals surface area contributed by atoms with E-state index < -0.39 is 0 Å². The van der Waals surface area contributed by atoms with E-state index in [9.17, 15) is 4.79 Å². The average Bonchev–Trinajstić information content (AvgIpc) is 2.84. The number of amides is 1. The van der Waals surface area contributed by atoms with Crippen molar-refractivity contribution in [1.82, 2.24) is 20.2 Å². The van der Waals surface area contributed by atoms with E-state index in [2.05, 4.69) is 20.8 Å². The Morgan fingerprint density at radius 1 is 1.35 bits per heavy atom. The summed E-state index contributed by atoms with van der Waals surface area (Å²) >= 11 is 0. The van der Waals surface area contributed by atoms with Gasteiger partial charge in [0.1, 0.15) is 6.33 Å². The lowest BCUT2D eigenvalue weighted by atomic mass is 10.2. The van der Waals surface area contributed by atoms with Crippen LogP contribution in [0.5, 0.6) is 0 Å². The van der Waals surface area contributed by atoms with Gasteiger partial charge in [-0.2, -0.15) is 0 Å². The molecule has 0 aliphatic carbocycles. The van der Waals surface area contributed by atoms with E-state index in [-0.39, 0.29) is 5.91 Å². The van der Waals surface area contributed by atoms with Crippen LogP contribution in [0.2, 0.25) is 0 Å². The van der Waals surface area contributed by atoms with Gasteiger partial charge < -0.3 is 5.32 Å². The maximum atomic E-state index is 11.4. The fourth-order valence-electron chi connectivity index (χ4n) is 1.43. The van der Waals surface area contributed by atoms with Crippen LogP contribution in [0.1, 0.15) is 19.8 Å². The van der Waals surface area contributed by atoms with Crippen molar-refractivity contribution in [2.45, 2.75) is 19.8 Å². The van der Waals surface area contributed by atoms with Crippen molar-refractivity contribution in [1.29, 1.82) is 0 Å².